The molecular weight excluding hydrogens is 537 g/mol. The average Bonchev–Trinajstić information content (AvgIpc) is 3.28. The lowest BCUT2D eigenvalue weighted by atomic mass is 10.1. The highest BCUT2D eigenvalue weighted by Crippen LogP contribution is 2.33. The molecule has 0 aliphatic rings. The zero-order valence-electron chi connectivity index (χ0n) is 19.1. The summed E-state index contributed by atoms with van der Waals surface area (Å²) in [7, 11) is 0. The maximum Gasteiger partial charge on any atom is 0.417 e. The Hall–Kier alpha value is -3.87. The van der Waals surface area contributed by atoms with Crippen LogP contribution in [0.5, 0.6) is 0 Å². The highest BCUT2D eigenvalue weighted by molar-refractivity contribution is 7.98. The van der Waals surface area contributed by atoms with E-state index in [1.807, 2.05) is 0 Å². The topological polar surface area (TPSA) is 59.8 Å². The van der Waals surface area contributed by atoms with Crippen LogP contribution in [0.3, 0.4) is 0 Å². The molecule has 13 heteroatoms. The number of carbonyl (C=O) groups excluding carboxylic acids is 1. The standard InChI is InChI=1S/C25H17F7N4OS/c26-17-8-10-18(11-9-17)36-21(13-33-22(37)19-6-1-2-7-20(19)25(30,31)32)34-35-23(36)38-14-15-4-3-5-16(12-15)24(27,28)29/h1-12H,13-14H2,(H,33,37). The number of halogens is 7. The van der Waals surface area contributed by atoms with Crippen molar-refractivity contribution in [2.45, 2.75) is 29.8 Å². The Labute approximate surface area is 215 Å². The molecule has 4 aromatic rings. The van der Waals surface area contributed by atoms with Crippen LogP contribution in [0.15, 0.2) is 78.0 Å². The number of benzene rings is 3. The molecule has 0 unspecified atom stereocenters. The number of nitrogens with zero attached hydrogens (tertiary/aromatic N) is 3. The molecule has 0 atom stereocenters. The molecule has 1 heterocycles. The first-order valence-electron chi connectivity index (χ1n) is 10.9. The van der Waals surface area contributed by atoms with E-state index in [9.17, 15) is 35.5 Å². The van der Waals surface area contributed by atoms with Gasteiger partial charge < -0.3 is 5.32 Å². The van der Waals surface area contributed by atoms with Crippen LogP contribution >= 0.6 is 11.8 Å². The Morgan fingerprint density at radius 2 is 1.58 bits per heavy atom. The number of hydrogen-bond acceptors (Lipinski definition) is 4. The molecule has 0 bridgehead atoms. The largest absolute Gasteiger partial charge is 0.417 e. The third-order valence-corrected chi connectivity index (χ3v) is 6.29. The zero-order valence-corrected chi connectivity index (χ0v) is 20.0. The average molecular weight is 554 g/mol. The fourth-order valence-corrected chi connectivity index (χ4v) is 4.44. The lowest BCUT2D eigenvalue weighted by molar-refractivity contribution is -0.138. The van der Waals surface area contributed by atoms with Gasteiger partial charge >= 0.3 is 12.4 Å². The van der Waals surface area contributed by atoms with Crippen LogP contribution in [0.1, 0.15) is 32.9 Å². The van der Waals surface area contributed by atoms with Gasteiger partial charge in [0.1, 0.15) is 5.82 Å². The van der Waals surface area contributed by atoms with Crippen molar-refractivity contribution in [2.75, 3.05) is 0 Å². The molecule has 198 valence electrons. The molecule has 0 aliphatic heterocycles. The lowest BCUT2D eigenvalue weighted by Gasteiger charge is -2.14. The molecule has 0 aliphatic carbocycles. The quantitative estimate of drug-likeness (QED) is 0.205. The van der Waals surface area contributed by atoms with E-state index in [4.69, 9.17) is 0 Å². The lowest BCUT2D eigenvalue weighted by Crippen LogP contribution is -2.27. The minimum Gasteiger partial charge on any atom is -0.345 e. The Morgan fingerprint density at radius 3 is 2.26 bits per heavy atom. The zero-order chi connectivity index (χ0) is 27.5. The molecule has 1 aromatic heterocycles. The first-order valence-corrected chi connectivity index (χ1v) is 11.9. The molecule has 0 fully saturated rings. The van der Waals surface area contributed by atoms with Gasteiger partial charge in [-0.25, -0.2) is 4.39 Å². The van der Waals surface area contributed by atoms with Gasteiger partial charge in [0.05, 0.1) is 23.2 Å². The van der Waals surface area contributed by atoms with Crippen molar-refractivity contribution in [2.24, 2.45) is 0 Å². The molecular formula is C25H17F7N4OS. The second-order valence-electron chi connectivity index (χ2n) is 7.92. The van der Waals surface area contributed by atoms with Crippen LogP contribution in [0.4, 0.5) is 30.7 Å². The molecule has 3 aromatic carbocycles. The maximum atomic E-state index is 13.5. The van der Waals surface area contributed by atoms with Crippen molar-refractivity contribution < 1.29 is 35.5 Å². The summed E-state index contributed by atoms with van der Waals surface area (Å²) in [6.07, 6.45) is -9.25. The van der Waals surface area contributed by atoms with Crippen molar-refractivity contribution in [3.05, 3.63) is 107 Å². The minimum absolute atomic E-state index is 0.0779. The van der Waals surface area contributed by atoms with Gasteiger partial charge in [-0.15, -0.1) is 10.2 Å². The van der Waals surface area contributed by atoms with Crippen LogP contribution in [0.2, 0.25) is 0 Å². The minimum atomic E-state index is -4.74. The molecule has 0 saturated heterocycles. The monoisotopic (exact) mass is 554 g/mol. The molecule has 0 spiro atoms. The van der Waals surface area contributed by atoms with Crippen molar-refractivity contribution in [3.63, 3.8) is 0 Å². The number of alkyl halides is 6. The van der Waals surface area contributed by atoms with E-state index in [0.29, 0.717) is 11.3 Å². The van der Waals surface area contributed by atoms with Gasteiger partial charge in [-0.2, -0.15) is 26.3 Å². The molecule has 1 N–H and O–H groups in total. The van der Waals surface area contributed by atoms with E-state index >= 15 is 0 Å². The van der Waals surface area contributed by atoms with Crippen LogP contribution < -0.4 is 5.32 Å². The molecule has 0 radical (unpaired) electrons. The van der Waals surface area contributed by atoms with Crippen LogP contribution in [-0.2, 0) is 24.7 Å². The van der Waals surface area contributed by atoms with E-state index in [1.165, 1.54) is 53.1 Å². The van der Waals surface area contributed by atoms with Crippen LogP contribution in [0, 0.1) is 5.82 Å². The molecule has 5 nitrogen and oxygen atoms in total. The Bertz CT molecular complexity index is 1430. The van der Waals surface area contributed by atoms with Gasteiger partial charge in [0.2, 0.25) is 0 Å². The number of nitrogens with one attached hydrogen (secondary N) is 1. The van der Waals surface area contributed by atoms with Crippen molar-refractivity contribution in [1.82, 2.24) is 20.1 Å². The van der Waals surface area contributed by atoms with Crippen LogP contribution in [-0.4, -0.2) is 20.7 Å². The Morgan fingerprint density at radius 1 is 0.868 bits per heavy atom. The second kappa shape index (κ2) is 10.9. The van der Waals surface area contributed by atoms with Gasteiger partial charge in [-0.3, -0.25) is 9.36 Å². The number of aromatic nitrogens is 3. The predicted molar refractivity (Wildman–Crippen MR) is 125 cm³/mol. The number of rotatable bonds is 7. The number of amides is 1. The third kappa shape index (κ3) is 6.33. The van der Waals surface area contributed by atoms with Gasteiger partial charge in [0, 0.05) is 11.4 Å². The second-order valence-corrected chi connectivity index (χ2v) is 8.87. The summed E-state index contributed by atoms with van der Waals surface area (Å²) in [5.74, 6) is -1.33. The van der Waals surface area contributed by atoms with E-state index in [1.54, 1.807) is 0 Å². The van der Waals surface area contributed by atoms with Gasteiger partial charge in [0.25, 0.3) is 5.91 Å². The van der Waals surface area contributed by atoms with Gasteiger partial charge in [0.15, 0.2) is 11.0 Å². The molecule has 1 amide bonds. The smallest absolute Gasteiger partial charge is 0.345 e. The molecule has 4 rings (SSSR count). The van der Waals surface area contributed by atoms with Crippen LogP contribution in [0.25, 0.3) is 5.69 Å². The number of thioether (sulfide) groups is 1. The maximum absolute atomic E-state index is 13.5. The number of hydrogen-bond donors (Lipinski definition) is 1. The van der Waals surface area contributed by atoms with Crippen molar-refractivity contribution in [3.8, 4) is 5.69 Å². The highest BCUT2D eigenvalue weighted by Gasteiger charge is 2.35. The normalized spacial score (nSPS) is 12.0. The first-order chi connectivity index (χ1) is 17.9. The summed E-state index contributed by atoms with van der Waals surface area (Å²) in [4.78, 5) is 12.6. The predicted octanol–water partition coefficient (Wildman–Crippen LogP) is 6.67. The highest BCUT2D eigenvalue weighted by atomic mass is 32.2. The van der Waals surface area contributed by atoms with E-state index in [0.717, 1.165) is 36.0 Å². The van der Waals surface area contributed by atoms with E-state index in [-0.39, 0.29) is 23.3 Å². The molecule has 38 heavy (non-hydrogen) atoms. The fraction of sp³-hybridized carbons (Fsp3) is 0.160. The van der Waals surface area contributed by atoms with E-state index in [2.05, 4.69) is 15.5 Å². The fourth-order valence-electron chi connectivity index (χ4n) is 3.53. The summed E-state index contributed by atoms with van der Waals surface area (Å²) in [5, 5.41) is 10.6. The summed E-state index contributed by atoms with van der Waals surface area (Å²) in [6, 6.07) is 14.2. The van der Waals surface area contributed by atoms with Crippen molar-refractivity contribution in [1.29, 1.82) is 0 Å². The summed E-state index contributed by atoms with van der Waals surface area (Å²) in [5.41, 5.74) is -1.75. The summed E-state index contributed by atoms with van der Waals surface area (Å²) < 4.78 is 94.0. The van der Waals surface area contributed by atoms with E-state index < -0.39 is 40.8 Å². The SMILES string of the molecule is O=C(NCc1nnc(SCc2cccc(C(F)(F)F)c2)n1-c1ccc(F)cc1)c1ccccc1C(F)(F)F. The third-order valence-electron chi connectivity index (χ3n) is 5.29. The first kappa shape index (κ1) is 27.2. The van der Waals surface area contributed by atoms with Crippen molar-refractivity contribution >= 4 is 17.7 Å². The van der Waals surface area contributed by atoms with Gasteiger partial charge in [-0.05, 0) is 48.0 Å². The Balaban J connectivity index is 1.59. The molecule has 0 saturated carbocycles. The summed E-state index contributed by atoms with van der Waals surface area (Å²) >= 11 is 1.04. The van der Waals surface area contributed by atoms with Gasteiger partial charge in [-0.1, -0.05) is 42.1 Å². The Kier molecular flexibility index (Phi) is 7.76. The number of carbonyl (C=O) groups is 1. The summed E-state index contributed by atoms with van der Waals surface area (Å²) in [6.45, 7) is -0.334.